The van der Waals surface area contributed by atoms with Crippen LogP contribution in [0.2, 0.25) is 0 Å². The number of thiophene rings is 1. The number of Topliss-reactive ketones (excluding diaryl/α,β-unsaturated/α-hetero) is 1. The molecule has 0 aliphatic carbocycles. The van der Waals surface area contributed by atoms with Crippen LogP contribution in [0.3, 0.4) is 0 Å². The van der Waals surface area contributed by atoms with Crippen LogP contribution in [0.5, 0.6) is 5.06 Å². The average Bonchev–Trinajstić information content (AvgIpc) is 2.65. The van der Waals surface area contributed by atoms with Crippen molar-refractivity contribution in [2.24, 2.45) is 0 Å². The fraction of sp³-hybridized carbons (Fsp3) is 0.500. The predicted octanol–water partition coefficient (Wildman–Crippen LogP) is 2.18. The van der Waals surface area contributed by atoms with Gasteiger partial charge in [0.05, 0.1) is 19.8 Å². The molecule has 2 heterocycles. The lowest BCUT2D eigenvalue weighted by Crippen LogP contribution is -2.19. The Morgan fingerprint density at radius 2 is 2.50 bits per heavy atom. The number of hydrogen-bond donors (Lipinski definition) is 0. The largest absolute Gasteiger partial charge is 0.487 e. The van der Waals surface area contributed by atoms with E-state index in [4.69, 9.17) is 9.47 Å². The molecule has 1 unspecified atom stereocenters. The van der Waals surface area contributed by atoms with Crippen LogP contribution in [-0.4, -0.2) is 19.5 Å². The van der Waals surface area contributed by atoms with E-state index in [-0.39, 0.29) is 11.9 Å². The maximum Gasteiger partial charge on any atom is 0.179 e. The number of ether oxygens (including phenoxy) is 2. The Bertz CT molecular complexity index is 332. The van der Waals surface area contributed by atoms with Crippen molar-refractivity contribution in [2.45, 2.75) is 18.9 Å². The van der Waals surface area contributed by atoms with Gasteiger partial charge in [-0.15, -0.1) is 11.3 Å². The summed E-state index contributed by atoms with van der Waals surface area (Å²) in [5.74, 6) is 0.273. The monoisotopic (exact) mass is 212 g/mol. The summed E-state index contributed by atoms with van der Waals surface area (Å²) in [7, 11) is 1.64. The Labute approximate surface area is 86.6 Å². The summed E-state index contributed by atoms with van der Waals surface area (Å²) in [6, 6.07) is 1.97. The molecule has 1 saturated heterocycles. The molecule has 0 saturated carbocycles. The van der Waals surface area contributed by atoms with Gasteiger partial charge in [-0.3, -0.25) is 4.79 Å². The van der Waals surface area contributed by atoms with Crippen molar-refractivity contribution in [1.82, 2.24) is 0 Å². The maximum absolute atomic E-state index is 11.3. The Kier molecular flexibility index (Phi) is 2.84. The number of ketones is 1. The lowest BCUT2D eigenvalue weighted by molar-refractivity contribution is -0.128. The van der Waals surface area contributed by atoms with E-state index in [0.717, 1.165) is 10.6 Å². The van der Waals surface area contributed by atoms with Gasteiger partial charge in [0.25, 0.3) is 0 Å². The lowest BCUT2D eigenvalue weighted by atomic mass is 10.0. The molecule has 76 valence electrons. The van der Waals surface area contributed by atoms with Gasteiger partial charge in [-0.25, -0.2) is 0 Å². The third kappa shape index (κ3) is 1.81. The van der Waals surface area contributed by atoms with E-state index in [9.17, 15) is 4.79 Å². The first-order valence-electron chi connectivity index (χ1n) is 4.56. The van der Waals surface area contributed by atoms with E-state index >= 15 is 0 Å². The molecule has 3 nitrogen and oxygen atoms in total. The average molecular weight is 212 g/mol. The van der Waals surface area contributed by atoms with Crippen molar-refractivity contribution in [2.75, 3.05) is 13.7 Å². The predicted molar refractivity (Wildman–Crippen MR) is 53.8 cm³/mol. The van der Waals surface area contributed by atoms with Gasteiger partial charge < -0.3 is 9.47 Å². The van der Waals surface area contributed by atoms with Gasteiger partial charge in [-0.2, -0.15) is 0 Å². The second-order valence-electron chi connectivity index (χ2n) is 3.22. The highest BCUT2D eigenvalue weighted by Gasteiger charge is 2.24. The summed E-state index contributed by atoms with van der Waals surface area (Å²) in [6.07, 6.45) is 0.924. The molecule has 0 N–H and O–H groups in total. The van der Waals surface area contributed by atoms with Gasteiger partial charge >= 0.3 is 0 Å². The first kappa shape index (κ1) is 9.68. The molecule has 0 spiro atoms. The van der Waals surface area contributed by atoms with Crippen LogP contribution in [0.25, 0.3) is 0 Å². The van der Waals surface area contributed by atoms with Crippen molar-refractivity contribution in [1.29, 1.82) is 0 Å². The molecule has 1 fully saturated rings. The summed E-state index contributed by atoms with van der Waals surface area (Å²) in [6.45, 7) is 0.530. The molecule has 1 aromatic heterocycles. The summed E-state index contributed by atoms with van der Waals surface area (Å²) in [5.41, 5.74) is 1.01. The van der Waals surface area contributed by atoms with Gasteiger partial charge in [0.2, 0.25) is 0 Å². The Balaban J connectivity index is 2.17. The summed E-state index contributed by atoms with van der Waals surface area (Å²) < 4.78 is 10.7. The molecule has 4 heteroatoms. The van der Waals surface area contributed by atoms with E-state index in [2.05, 4.69) is 0 Å². The standard InChI is InChI=1S/C10H12O3S/c1-12-10-8(3-5-14-10)9-6-7(11)2-4-13-9/h3,5,9H,2,4,6H2,1H3. The zero-order chi connectivity index (χ0) is 9.97. The quantitative estimate of drug-likeness (QED) is 0.753. The molecule has 1 atom stereocenters. The Hall–Kier alpha value is -0.870. The number of methoxy groups -OCH3 is 1. The number of hydrogen-bond acceptors (Lipinski definition) is 4. The lowest BCUT2D eigenvalue weighted by Gasteiger charge is -2.21. The molecule has 0 bridgehead atoms. The molecular formula is C10H12O3S. The second kappa shape index (κ2) is 4.11. The zero-order valence-electron chi connectivity index (χ0n) is 7.99. The molecule has 0 radical (unpaired) electrons. The third-order valence-corrected chi connectivity index (χ3v) is 3.19. The smallest absolute Gasteiger partial charge is 0.179 e. The van der Waals surface area contributed by atoms with Crippen LogP contribution in [0.1, 0.15) is 24.5 Å². The Morgan fingerprint density at radius 3 is 3.21 bits per heavy atom. The minimum absolute atomic E-state index is 0.0996. The molecule has 0 amide bonds. The number of carbonyl (C=O) groups excluding carboxylic acids is 1. The summed E-state index contributed by atoms with van der Waals surface area (Å²) in [5, 5.41) is 2.81. The maximum atomic E-state index is 11.3. The fourth-order valence-corrected chi connectivity index (χ4v) is 2.36. The van der Waals surface area contributed by atoms with E-state index in [1.807, 2.05) is 11.4 Å². The highest BCUT2D eigenvalue weighted by Crippen LogP contribution is 2.36. The van der Waals surface area contributed by atoms with Crippen molar-refractivity contribution in [3.05, 3.63) is 17.0 Å². The van der Waals surface area contributed by atoms with Gasteiger partial charge in [-0.1, -0.05) is 0 Å². The first-order chi connectivity index (χ1) is 6.81. The normalized spacial score (nSPS) is 22.4. The molecule has 1 aliphatic rings. The Morgan fingerprint density at radius 1 is 1.64 bits per heavy atom. The van der Waals surface area contributed by atoms with E-state index < -0.39 is 0 Å². The molecule has 1 aliphatic heterocycles. The van der Waals surface area contributed by atoms with Crippen LogP contribution in [-0.2, 0) is 9.53 Å². The van der Waals surface area contributed by atoms with Crippen LogP contribution in [0.4, 0.5) is 0 Å². The summed E-state index contributed by atoms with van der Waals surface area (Å²) >= 11 is 1.53. The second-order valence-corrected chi connectivity index (χ2v) is 4.10. The highest BCUT2D eigenvalue weighted by molar-refractivity contribution is 7.12. The van der Waals surface area contributed by atoms with Crippen molar-refractivity contribution < 1.29 is 14.3 Å². The molecule has 2 rings (SSSR count). The van der Waals surface area contributed by atoms with Crippen LogP contribution in [0.15, 0.2) is 11.4 Å². The number of carbonyl (C=O) groups is 1. The molecular weight excluding hydrogens is 200 g/mol. The van der Waals surface area contributed by atoms with Gasteiger partial charge in [0.1, 0.15) is 5.78 Å². The highest BCUT2D eigenvalue weighted by atomic mass is 32.1. The molecule has 0 aromatic carbocycles. The van der Waals surface area contributed by atoms with Crippen molar-refractivity contribution in [3.63, 3.8) is 0 Å². The zero-order valence-corrected chi connectivity index (χ0v) is 8.80. The number of rotatable bonds is 2. The van der Waals surface area contributed by atoms with Gasteiger partial charge in [0.15, 0.2) is 5.06 Å². The van der Waals surface area contributed by atoms with Crippen molar-refractivity contribution in [3.8, 4) is 5.06 Å². The third-order valence-electron chi connectivity index (χ3n) is 2.30. The molecule has 14 heavy (non-hydrogen) atoms. The van der Waals surface area contributed by atoms with Gasteiger partial charge in [-0.05, 0) is 11.4 Å². The van der Waals surface area contributed by atoms with E-state index in [1.165, 1.54) is 11.3 Å². The van der Waals surface area contributed by atoms with E-state index in [0.29, 0.717) is 19.4 Å². The first-order valence-corrected chi connectivity index (χ1v) is 5.44. The van der Waals surface area contributed by atoms with Crippen molar-refractivity contribution >= 4 is 17.1 Å². The topological polar surface area (TPSA) is 35.5 Å². The van der Waals surface area contributed by atoms with Gasteiger partial charge in [0, 0.05) is 18.4 Å². The van der Waals surface area contributed by atoms with E-state index in [1.54, 1.807) is 7.11 Å². The van der Waals surface area contributed by atoms with Crippen LogP contribution < -0.4 is 4.74 Å². The minimum Gasteiger partial charge on any atom is -0.487 e. The fourth-order valence-electron chi connectivity index (χ4n) is 1.59. The SMILES string of the molecule is COc1sccc1C1CC(=O)CCO1. The summed E-state index contributed by atoms with van der Waals surface area (Å²) in [4.78, 5) is 11.3. The minimum atomic E-state index is -0.0996. The molecule has 1 aromatic rings. The van der Waals surface area contributed by atoms with Crippen LogP contribution >= 0.6 is 11.3 Å². The van der Waals surface area contributed by atoms with Crippen LogP contribution in [0, 0.1) is 0 Å².